The van der Waals surface area contributed by atoms with Gasteiger partial charge in [-0.1, -0.05) is 101 Å². The van der Waals surface area contributed by atoms with Crippen LogP contribution < -0.4 is 0 Å². The van der Waals surface area contributed by atoms with E-state index < -0.39 is 18.0 Å². The van der Waals surface area contributed by atoms with E-state index in [2.05, 4.69) is 19.1 Å². The lowest BCUT2D eigenvalue weighted by molar-refractivity contribution is -0.164. The highest BCUT2D eigenvalue weighted by molar-refractivity contribution is 5.79. The van der Waals surface area contributed by atoms with Crippen LogP contribution in [0.5, 0.6) is 0 Å². The van der Waals surface area contributed by atoms with Gasteiger partial charge < -0.3 is 9.84 Å². The molecular weight excluding hydrogens is 376 g/mol. The zero-order valence-corrected chi connectivity index (χ0v) is 18.7. The molecule has 168 valence electrons. The van der Waals surface area contributed by atoms with Gasteiger partial charge in [0, 0.05) is 12.0 Å². The van der Waals surface area contributed by atoms with Crippen molar-refractivity contribution in [1.82, 2.24) is 0 Å². The predicted octanol–water partition coefficient (Wildman–Crippen LogP) is 7.39. The lowest BCUT2D eigenvalue weighted by atomic mass is 10.1. The number of unbranched alkanes of at least 4 members (excludes halogenated alkanes) is 11. The molecule has 0 aliphatic heterocycles. The Morgan fingerprint density at radius 2 is 1.37 bits per heavy atom. The molecule has 0 amide bonds. The number of carbonyl (C=O) groups is 2. The molecule has 0 heterocycles. The molecule has 0 aliphatic rings. The van der Waals surface area contributed by atoms with Crippen LogP contribution in [0.1, 0.15) is 108 Å². The maximum Gasteiger partial charge on any atom is 0.349 e. The van der Waals surface area contributed by atoms with Gasteiger partial charge in [-0.05, 0) is 32.1 Å². The van der Waals surface area contributed by atoms with Gasteiger partial charge in [0.15, 0.2) is 0 Å². The van der Waals surface area contributed by atoms with Gasteiger partial charge in [0.2, 0.25) is 6.10 Å². The van der Waals surface area contributed by atoms with Gasteiger partial charge >= 0.3 is 11.9 Å². The average molecular weight is 417 g/mol. The number of hydrogen-bond donors (Lipinski definition) is 1. The van der Waals surface area contributed by atoms with E-state index in [1.807, 2.05) is 0 Å². The fourth-order valence-electron chi connectivity index (χ4n) is 3.42. The molecule has 0 spiro atoms. The van der Waals surface area contributed by atoms with Gasteiger partial charge in [-0.15, -0.1) is 0 Å². The number of carboxylic acids is 1. The van der Waals surface area contributed by atoms with Gasteiger partial charge in [-0.3, -0.25) is 4.79 Å². The first-order valence-electron chi connectivity index (χ1n) is 11.8. The lowest BCUT2D eigenvalue weighted by Crippen LogP contribution is -2.19. The SMILES string of the molecule is CCCCCCCCC=CCCCCCCCC(=O)O[C@H](C(=O)O)c1ccccc1. The van der Waals surface area contributed by atoms with Crippen LogP contribution in [0.25, 0.3) is 0 Å². The number of hydrogen-bond acceptors (Lipinski definition) is 3. The summed E-state index contributed by atoms with van der Waals surface area (Å²) in [6, 6.07) is 8.60. The molecule has 0 saturated carbocycles. The Kier molecular flexibility index (Phi) is 15.3. The van der Waals surface area contributed by atoms with Crippen LogP contribution >= 0.6 is 0 Å². The van der Waals surface area contributed by atoms with Crippen LogP contribution in [0.2, 0.25) is 0 Å². The third-order valence-corrected chi connectivity index (χ3v) is 5.22. The number of allylic oxidation sites excluding steroid dienone is 2. The van der Waals surface area contributed by atoms with Crippen molar-refractivity contribution in [2.75, 3.05) is 0 Å². The predicted molar refractivity (Wildman–Crippen MR) is 122 cm³/mol. The van der Waals surface area contributed by atoms with Gasteiger partial charge in [0.1, 0.15) is 0 Å². The molecule has 1 rings (SSSR count). The van der Waals surface area contributed by atoms with Crippen molar-refractivity contribution in [3.8, 4) is 0 Å². The summed E-state index contributed by atoms with van der Waals surface area (Å²) in [5.41, 5.74) is 0.489. The van der Waals surface area contributed by atoms with Crippen molar-refractivity contribution in [3.63, 3.8) is 0 Å². The van der Waals surface area contributed by atoms with Gasteiger partial charge in [0.25, 0.3) is 0 Å². The summed E-state index contributed by atoms with van der Waals surface area (Å²) in [5.74, 6) is -1.58. The maximum atomic E-state index is 12.0. The number of benzene rings is 1. The monoisotopic (exact) mass is 416 g/mol. The summed E-state index contributed by atoms with van der Waals surface area (Å²) in [7, 11) is 0. The average Bonchev–Trinajstić information content (AvgIpc) is 2.75. The van der Waals surface area contributed by atoms with Crippen molar-refractivity contribution in [2.24, 2.45) is 0 Å². The smallest absolute Gasteiger partial charge is 0.349 e. The van der Waals surface area contributed by atoms with Crippen LogP contribution in [-0.4, -0.2) is 17.0 Å². The first-order valence-corrected chi connectivity index (χ1v) is 11.8. The highest BCUT2D eigenvalue weighted by Crippen LogP contribution is 2.19. The van der Waals surface area contributed by atoms with Crippen LogP contribution in [0.4, 0.5) is 0 Å². The Balaban J connectivity index is 2.00. The van der Waals surface area contributed by atoms with Crippen LogP contribution in [0.15, 0.2) is 42.5 Å². The molecular formula is C26H40O4. The van der Waals surface area contributed by atoms with Gasteiger partial charge in [0.05, 0.1) is 0 Å². The molecule has 4 nitrogen and oxygen atoms in total. The molecule has 0 fully saturated rings. The summed E-state index contributed by atoms with van der Waals surface area (Å²) >= 11 is 0. The second kappa shape index (κ2) is 17.7. The molecule has 0 bridgehead atoms. The summed E-state index contributed by atoms with van der Waals surface area (Å²) in [4.78, 5) is 23.3. The first kappa shape index (κ1) is 25.9. The lowest BCUT2D eigenvalue weighted by Gasteiger charge is -2.14. The zero-order chi connectivity index (χ0) is 21.9. The molecule has 4 heteroatoms. The summed E-state index contributed by atoms with van der Waals surface area (Å²) in [5, 5.41) is 9.30. The molecule has 1 atom stereocenters. The van der Waals surface area contributed by atoms with E-state index in [1.54, 1.807) is 30.3 Å². The third-order valence-electron chi connectivity index (χ3n) is 5.22. The highest BCUT2D eigenvalue weighted by atomic mass is 16.6. The second-order valence-corrected chi connectivity index (χ2v) is 7.95. The van der Waals surface area contributed by atoms with E-state index in [1.165, 1.54) is 51.4 Å². The highest BCUT2D eigenvalue weighted by Gasteiger charge is 2.23. The minimum absolute atomic E-state index is 0.273. The van der Waals surface area contributed by atoms with Crippen LogP contribution in [0.3, 0.4) is 0 Å². The largest absolute Gasteiger partial charge is 0.478 e. The Morgan fingerprint density at radius 1 is 0.833 bits per heavy atom. The third kappa shape index (κ3) is 13.2. The van der Waals surface area contributed by atoms with E-state index in [0.717, 1.165) is 32.1 Å². The van der Waals surface area contributed by atoms with E-state index in [4.69, 9.17) is 4.74 Å². The Hall–Kier alpha value is -2.10. The van der Waals surface area contributed by atoms with Crippen molar-refractivity contribution < 1.29 is 19.4 Å². The molecule has 0 aromatic heterocycles. The van der Waals surface area contributed by atoms with Crippen LogP contribution in [-0.2, 0) is 14.3 Å². The molecule has 1 aromatic rings. The fourth-order valence-corrected chi connectivity index (χ4v) is 3.42. The minimum atomic E-state index is -1.22. The molecule has 0 radical (unpaired) electrons. The number of ether oxygens (including phenoxy) is 1. The molecule has 0 saturated heterocycles. The van der Waals surface area contributed by atoms with Gasteiger partial charge in [-0.2, -0.15) is 0 Å². The molecule has 0 aliphatic carbocycles. The number of aliphatic carboxylic acids is 1. The molecule has 1 aromatic carbocycles. The van der Waals surface area contributed by atoms with Crippen molar-refractivity contribution in [2.45, 2.75) is 103 Å². The summed E-state index contributed by atoms with van der Waals surface area (Å²) < 4.78 is 5.17. The number of esters is 1. The quantitative estimate of drug-likeness (QED) is 0.154. The molecule has 0 unspecified atom stereocenters. The number of rotatable bonds is 18. The Morgan fingerprint density at radius 3 is 1.93 bits per heavy atom. The number of carboxylic acid groups (broad SMARTS) is 1. The summed E-state index contributed by atoms with van der Waals surface area (Å²) in [6.07, 6.45) is 19.3. The molecule has 30 heavy (non-hydrogen) atoms. The van der Waals surface area contributed by atoms with E-state index >= 15 is 0 Å². The maximum absolute atomic E-state index is 12.0. The molecule has 1 N–H and O–H groups in total. The number of carbonyl (C=O) groups excluding carboxylic acids is 1. The van der Waals surface area contributed by atoms with Gasteiger partial charge in [-0.25, -0.2) is 4.79 Å². The Bertz CT molecular complexity index is 594. The fraction of sp³-hybridized carbons (Fsp3) is 0.615. The van der Waals surface area contributed by atoms with Crippen molar-refractivity contribution in [1.29, 1.82) is 0 Å². The second-order valence-electron chi connectivity index (χ2n) is 7.95. The zero-order valence-electron chi connectivity index (χ0n) is 18.7. The van der Waals surface area contributed by atoms with E-state index in [0.29, 0.717) is 5.56 Å². The van der Waals surface area contributed by atoms with Crippen LogP contribution in [0, 0.1) is 0 Å². The van der Waals surface area contributed by atoms with E-state index in [-0.39, 0.29) is 6.42 Å². The first-order chi connectivity index (χ1) is 14.6. The van der Waals surface area contributed by atoms with E-state index in [9.17, 15) is 14.7 Å². The normalized spacial score (nSPS) is 12.2. The topological polar surface area (TPSA) is 63.6 Å². The standard InChI is InChI=1S/C26H40O4/c1-2-3-4-5-6-7-8-9-10-11-12-13-14-15-19-22-24(27)30-25(26(28)29)23-20-17-16-18-21-23/h9-10,16-18,20-21,25H,2-8,11-15,19,22H2,1H3,(H,28,29)/t25-/m0/s1. The van der Waals surface area contributed by atoms with Crippen molar-refractivity contribution >= 4 is 11.9 Å². The Labute approximate surface area is 182 Å². The van der Waals surface area contributed by atoms with Crippen molar-refractivity contribution in [3.05, 3.63) is 48.0 Å². The summed E-state index contributed by atoms with van der Waals surface area (Å²) in [6.45, 7) is 2.25. The minimum Gasteiger partial charge on any atom is -0.478 e.